The number of aliphatic carboxylic acids is 1. The SMILES string of the molecule is CC#C[C@@H](CC(=O)O)c1ccc(O[C@@H]2CCc3c(-c4cnc(OC5CCOCC5)c(C#N)c4)ccc(F)c32)cc1. The van der Waals surface area contributed by atoms with Gasteiger partial charge in [0.25, 0.3) is 0 Å². The second-order valence-corrected chi connectivity index (χ2v) is 9.86. The number of ether oxygens (including phenoxy) is 3. The first-order chi connectivity index (χ1) is 19.5. The molecule has 2 heterocycles. The van der Waals surface area contributed by atoms with Gasteiger partial charge in [-0.2, -0.15) is 5.26 Å². The van der Waals surface area contributed by atoms with Crippen LogP contribution in [0.25, 0.3) is 11.1 Å². The Bertz CT molecular complexity index is 1500. The summed E-state index contributed by atoms with van der Waals surface area (Å²) < 4.78 is 32.7. The second kappa shape index (κ2) is 12.2. The molecular formula is C32H29FN2O5. The van der Waals surface area contributed by atoms with Crippen LogP contribution in [0.2, 0.25) is 0 Å². The second-order valence-electron chi connectivity index (χ2n) is 9.86. The molecule has 1 N–H and O–H groups in total. The molecule has 0 saturated carbocycles. The zero-order valence-electron chi connectivity index (χ0n) is 22.2. The van der Waals surface area contributed by atoms with Crippen LogP contribution in [-0.4, -0.2) is 35.4 Å². The van der Waals surface area contributed by atoms with Crippen molar-refractivity contribution >= 4 is 5.97 Å². The first kappa shape index (κ1) is 27.2. The molecule has 2 aromatic carbocycles. The third kappa shape index (κ3) is 5.93. The lowest BCUT2D eigenvalue weighted by Crippen LogP contribution is -2.26. The van der Waals surface area contributed by atoms with Crippen LogP contribution in [0.5, 0.6) is 11.6 Å². The highest BCUT2D eigenvalue weighted by molar-refractivity contribution is 5.71. The van der Waals surface area contributed by atoms with E-state index in [1.54, 1.807) is 49.5 Å². The van der Waals surface area contributed by atoms with E-state index in [1.807, 2.05) is 0 Å². The standard InChI is InChI=1S/C32H29FN2O5/c1-2-3-21(17-30(36)37)20-4-6-24(7-5-20)39-29-11-9-27-26(8-10-28(33)31(27)29)23-16-22(18-34)32(35-19-23)40-25-12-14-38-15-13-25/h4-8,10,16,19,21,25,29H,9,11-15,17H2,1H3,(H,36,37)/t21-,29+/m0/s1. The minimum Gasteiger partial charge on any atom is -0.486 e. The molecule has 1 aliphatic heterocycles. The van der Waals surface area contributed by atoms with E-state index >= 15 is 4.39 Å². The van der Waals surface area contributed by atoms with Gasteiger partial charge >= 0.3 is 5.97 Å². The molecule has 40 heavy (non-hydrogen) atoms. The maximum atomic E-state index is 15.1. The Morgan fingerprint density at radius 1 is 1.18 bits per heavy atom. The van der Waals surface area contributed by atoms with Crippen molar-refractivity contribution in [2.75, 3.05) is 13.2 Å². The van der Waals surface area contributed by atoms with E-state index in [9.17, 15) is 15.2 Å². The minimum absolute atomic E-state index is 0.0381. The van der Waals surface area contributed by atoms with Crippen molar-refractivity contribution in [2.45, 2.75) is 57.2 Å². The summed E-state index contributed by atoms with van der Waals surface area (Å²) in [6.07, 6.45) is 3.77. The molecule has 3 aromatic rings. The van der Waals surface area contributed by atoms with Crippen LogP contribution in [0, 0.1) is 29.0 Å². The number of fused-ring (bicyclic) bond motifs is 1. The quantitative estimate of drug-likeness (QED) is 0.352. The van der Waals surface area contributed by atoms with Crippen molar-refractivity contribution < 1.29 is 28.5 Å². The Morgan fingerprint density at radius 2 is 1.95 bits per heavy atom. The van der Waals surface area contributed by atoms with Crippen LogP contribution in [0.15, 0.2) is 48.7 Å². The van der Waals surface area contributed by atoms with Crippen LogP contribution in [0.1, 0.15) is 66.9 Å². The predicted octanol–water partition coefficient (Wildman–Crippen LogP) is 5.97. The highest BCUT2D eigenvalue weighted by Crippen LogP contribution is 2.42. The normalized spacial score (nSPS) is 17.2. The van der Waals surface area contributed by atoms with Gasteiger partial charge in [0.05, 0.1) is 25.6 Å². The molecule has 8 heteroatoms. The molecule has 5 rings (SSSR count). The molecule has 0 unspecified atom stereocenters. The van der Waals surface area contributed by atoms with Crippen LogP contribution in [0.4, 0.5) is 4.39 Å². The van der Waals surface area contributed by atoms with Crippen molar-refractivity contribution in [1.82, 2.24) is 4.98 Å². The van der Waals surface area contributed by atoms with Gasteiger partial charge in [-0.25, -0.2) is 9.37 Å². The molecule has 1 fully saturated rings. The number of nitriles is 1. The average Bonchev–Trinajstić information content (AvgIpc) is 3.38. The lowest BCUT2D eigenvalue weighted by molar-refractivity contribution is -0.137. The Labute approximate surface area is 232 Å². The summed E-state index contributed by atoms with van der Waals surface area (Å²) in [7, 11) is 0. The van der Waals surface area contributed by atoms with Crippen LogP contribution >= 0.6 is 0 Å². The minimum atomic E-state index is -0.916. The molecule has 2 atom stereocenters. The molecule has 1 saturated heterocycles. The van der Waals surface area contributed by atoms with Gasteiger partial charge in [0, 0.05) is 30.2 Å². The van der Waals surface area contributed by atoms with E-state index in [4.69, 9.17) is 14.2 Å². The zero-order chi connectivity index (χ0) is 28.1. The third-order valence-electron chi connectivity index (χ3n) is 7.27. The summed E-state index contributed by atoms with van der Waals surface area (Å²) in [5.74, 6) is 4.92. The summed E-state index contributed by atoms with van der Waals surface area (Å²) in [5, 5.41) is 19.0. The van der Waals surface area contributed by atoms with Gasteiger partial charge in [-0.1, -0.05) is 24.1 Å². The lowest BCUT2D eigenvalue weighted by Gasteiger charge is -2.23. The predicted molar refractivity (Wildman–Crippen MR) is 145 cm³/mol. The number of carboxylic acids is 1. The number of aromatic nitrogens is 1. The van der Waals surface area contributed by atoms with E-state index in [-0.39, 0.29) is 18.3 Å². The molecule has 2 aliphatic rings. The van der Waals surface area contributed by atoms with Gasteiger partial charge < -0.3 is 19.3 Å². The fourth-order valence-corrected chi connectivity index (χ4v) is 5.33. The number of carbonyl (C=O) groups is 1. The van der Waals surface area contributed by atoms with E-state index in [0.29, 0.717) is 48.8 Å². The largest absolute Gasteiger partial charge is 0.486 e. The Kier molecular flexibility index (Phi) is 8.28. The van der Waals surface area contributed by atoms with Gasteiger partial charge in [0.15, 0.2) is 0 Å². The summed E-state index contributed by atoms with van der Waals surface area (Å²) in [4.78, 5) is 15.7. The van der Waals surface area contributed by atoms with Crippen molar-refractivity contribution in [3.8, 4) is 40.7 Å². The van der Waals surface area contributed by atoms with Gasteiger partial charge in [0.2, 0.25) is 5.88 Å². The van der Waals surface area contributed by atoms with E-state index in [2.05, 4.69) is 22.9 Å². The number of benzene rings is 2. The molecule has 0 amide bonds. The maximum absolute atomic E-state index is 15.1. The fraction of sp³-hybridized carbons (Fsp3) is 0.344. The van der Waals surface area contributed by atoms with Gasteiger partial charge in [-0.15, -0.1) is 5.92 Å². The molecule has 7 nitrogen and oxygen atoms in total. The number of pyridine rings is 1. The van der Waals surface area contributed by atoms with Gasteiger partial charge in [0.1, 0.15) is 35.4 Å². The van der Waals surface area contributed by atoms with Gasteiger partial charge in [-0.3, -0.25) is 4.79 Å². The molecule has 204 valence electrons. The van der Waals surface area contributed by atoms with E-state index in [0.717, 1.165) is 35.1 Å². The van der Waals surface area contributed by atoms with Gasteiger partial charge in [-0.05, 0) is 60.7 Å². The van der Waals surface area contributed by atoms with E-state index < -0.39 is 18.0 Å². The van der Waals surface area contributed by atoms with Crippen LogP contribution in [-0.2, 0) is 16.0 Å². The maximum Gasteiger partial charge on any atom is 0.304 e. The Balaban J connectivity index is 1.37. The highest BCUT2D eigenvalue weighted by Gasteiger charge is 2.31. The Hall–Kier alpha value is -4.40. The molecule has 1 aliphatic carbocycles. The summed E-state index contributed by atoms with van der Waals surface area (Å²) in [6.45, 7) is 2.93. The Morgan fingerprint density at radius 3 is 2.65 bits per heavy atom. The summed E-state index contributed by atoms with van der Waals surface area (Å²) in [6, 6.07) is 14.2. The number of rotatable bonds is 8. The number of halogens is 1. The summed E-state index contributed by atoms with van der Waals surface area (Å²) in [5.41, 5.74) is 4.00. The highest BCUT2D eigenvalue weighted by atomic mass is 19.1. The monoisotopic (exact) mass is 540 g/mol. The third-order valence-corrected chi connectivity index (χ3v) is 7.27. The topological polar surface area (TPSA) is 102 Å². The van der Waals surface area contributed by atoms with Crippen LogP contribution < -0.4 is 9.47 Å². The first-order valence-corrected chi connectivity index (χ1v) is 13.3. The average molecular weight is 541 g/mol. The first-order valence-electron chi connectivity index (χ1n) is 13.3. The number of hydrogen-bond acceptors (Lipinski definition) is 6. The molecular weight excluding hydrogens is 511 g/mol. The van der Waals surface area contributed by atoms with Crippen molar-refractivity contribution in [2.24, 2.45) is 0 Å². The number of nitrogens with zero attached hydrogens (tertiary/aromatic N) is 2. The molecule has 0 spiro atoms. The molecule has 0 bridgehead atoms. The number of carboxylic acid groups (broad SMARTS) is 1. The number of hydrogen-bond donors (Lipinski definition) is 1. The van der Waals surface area contributed by atoms with E-state index in [1.165, 1.54) is 6.07 Å². The van der Waals surface area contributed by atoms with Crippen molar-refractivity contribution in [3.63, 3.8) is 0 Å². The van der Waals surface area contributed by atoms with Crippen molar-refractivity contribution in [3.05, 3.63) is 76.7 Å². The van der Waals surface area contributed by atoms with Crippen LogP contribution in [0.3, 0.4) is 0 Å². The summed E-state index contributed by atoms with van der Waals surface area (Å²) >= 11 is 0. The zero-order valence-corrected chi connectivity index (χ0v) is 22.2. The fourth-order valence-electron chi connectivity index (χ4n) is 5.33. The molecule has 0 radical (unpaired) electrons. The van der Waals surface area contributed by atoms with Crippen molar-refractivity contribution in [1.29, 1.82) is 5.26 Å². The smallest absolute Gasteiger partial charge is 0.304 e. The lowest BCUT2D eigenvalue weighted by atomic mass is 9.96. The molecule has 1 aromatic heterocycles.